The van der Waals surface area contributed by atoms with Gasteiger partial charge in [0.05, 0.1) is 12.1 Å². The van der Waals surface area contributed by atoms with E-state index in [1.807, 2.05) is 30.3 Å². The van der Waals surface area contributed by atoms with Gasteiger partial charge in [0.2, 0.25) is 17.6 Å². The summed E-state index contributed by atoms with van der Waals surface area (Å²) in [5, 5.41) is 6.73. The number of halogens is 3. The number of benzene rings is 2. The fourth-order valence-electron chi connectivity index (χ4n) is 3.55. The number of anilines is 1. The maximum Gasteiger partial charge on any atom is 0.416 e. The second kappa shape index (κ2) is 8.89. The Labute approximate surface area is 177 Å². The fourth-order valence-corrected chi connectivity index (χ4v) is 3.55. The molecule has 0 radical (unpaired) electrons. The van der Waals surface area contributed by atoms with Gasteiger partial charge in [-0.2, -0.15) is 18.2 Å². The predicted octanol–water partition coefficient (Wildman–Crippen LogP) is 4.61. The molecule has 0 atom stereocenters. The van der Waals surface area contributed by atoms with Gasteiger partial charge < -0.3 is 9.84 Å². The fraction of sp³-hybridized carbons (Fsp3) is 0.318. The number of hydrogen-bond acceptors (Lipinski definition) is 5. The Morgan fingerprint density at radius 2 is 1.74 bits per heavy atom. The van der Waals surface area contributed by atoms with Gasteiger partial charge in [-0.15, -0.1) is 0 Å². The summed E-state index contributed by atoms with van der Waals surface area (Å²) in [5.74, 6) is 0.692. The number of carbonyl (C=O) groups excluding carboxylic acids is 1. The summed E-state index contributed by atoms with van der Waals surface area (Å²) < 4.78 is 43.3. The molecule has 6 nitrogen and oxygen atoms in total. The Morgan fingerprint density at radius 1 is 1.06 bits per heavy atom. The molecular weight excluding hydrogens is 409 g/mol. The van der Waals surface area contributed by atoms with E-state index >= 15 is 0 Å². The molecule has 1 saturated heterocycles. The standard InChI is InChI=1S/C22H21F3N4O2/c23-22(24,25)17-6-8-18(9-7-17)26-21(30)16-10-12-29(13-11-16)14-19-27-20(28-31-19)15-4-2-1-3-5-15/h1-9,16H,10-14H2,(H,26,30). The van der Waals surface area contributed by atoms with E-state index in [9.17, 15) is 18.0 Å². The van der Waals surface area contributed by atoms with E-state index in [1.54, 1.807) is 0 Å². The van der Waals surface area contributed by atoms with Gasteiger partial charge in [0.15, 0.2) is 0 Å². The third kappa shape index (κ3) is 5.29. The van der Waals surface area contributed by atoms with Crippen molar-refractivity contribution >= 4 is 11.6 Å². The summed E-state index contributed by atoms with van der Waals surface area (Å²) in [6.07, 6.45) is -3.10. The number of rotatable bonds is 5. The van der Waals surface area contributed by atoms with E-state index in [0.717, 1.165) is 17.7 Å². The van der Waals surface area contributed by atoms with Crippen LogP contribution in [0.2, 0.25) is 0 Å². The number of nitrogens with one attached hydrogen (secondary N) is 1. The lowest BCUT2D eigenvalue weighted by atomic mass is 9.96. The van der Waals surface area contributed by atoms with Crippen molar-refractivity contribution in [2.24, 2.45) is 5.92 Å². The molecule has 1 aliphatic rings. The molecule has 4 rings (SSSR count). The van der Waals surface area contributed by atoms with Gasteiger partial charge in [0, 0.05) is 17.2 Å². The highest BCUT2D eigenvalue weighted by molar-refractivity contribution is 5.92. The van der Waals surface area contributed by atoms with Crippen LogP contribution in [0.3, 0.4) is 0 Å². The number of amides is 1. The summed E-state index contributed by atoms with van der Waals surface area (Å²) in [7, 11) is 0. The summed E-state index contributed by atoms with van der Waals surface area (Å²) in [6.45, 7) is 1.88. The minimum absolute atomic E-state index is 0.177. The lowest BCUT2D eigenvalue weighted by molar-refractivity contribution is -0.137. The Hall–Kier alpha value is -3.20. The molecule has 162 valence electrons. The summed E-state index contributed by atoms with van der Waals surface area (Å²) in [5.41, 5.74) is 0.506. The zero-order valence-electron chi connectivity index (χ0n) is 16.6. The SMILES string of the molecule is O=C(Nc1ccc(C(F)(F)F)cc1)C1CCN(Cc2nc(-c3ccccc3)no2)CC1. The van der Waals surface area contributed by atoms with Crippen LogP contribution in [0.25, 0.3) is 11.4 Å². The first-order chi connectivity index (χ1) is 14.9. The maximum atomic E-state index is 12.6. The van der Waals surface area contributed by atoms with Crippen molar-refractivity contribution in [1.82, 2.24) is 15.0 Å². The smallest absolute Gasteiger partial charge is 0.338 e. The van der Waals surface area contributed by atoms with Crippen LogP contribution in [0.4, 0.5) is 18.9 Å². The number of piperidine rings is 1. The highest BCUT2D eigenvalue weighted by atomic mass is 19.4. The highest BCUT2D eigenvalue weighted by Gasteiger charge is 2.30. The van der Waals surface area contributed by atoms with Gasteiger partial charge in [0.25, 0.3) is 0 Å². The van der Waals surface area contributed by atoms with Crippen molar-refractivity contribution in [2.45, 2.75) is 25.6 Å². The van der Waals surface area contributed by atoms with Crippen LogP contribution >= 0.6 is 0 Å². The lowest BCUT2D eigenvalue weighted by Gasteiger charge is -2.30. The van der Waals surface area contributed by atoms with Crippen LogP contribution in [-0.2, 0) is 17.5 Å². The number of carbonyl (C=O) groups is 1. The van der Waals surface area contributed by atoms with Crippen LogP contribution in [-0.4, -0.2) is 34.0 Å². The Balaban J connectivity index is 1.27. The van der Waals surface area contributed by atoms with Crippen LogP contribution in [0.1, 0.15) is 24.3 Å². The molecule has 2 heterocycles. The molecular formula is C22H21F3N4O2. The molecule has 1 N–H and O–H groups in total. The number of likely N-dealkylation sites (tertiary alicyclic amines) is 1. The zero-order chi connectivity index (χ0) is 21.8. The van der Waals surface area contributed by atoms with E-state index in [0.29, 0.717) is 49.9 Å². The number of nitrogens with zero attached hydrogens (tertiary/aromatic N) is 3. The average molecular weight is 430 g/mol. The monoisotopic (exact) mass is 430 g/mol. The molecule has 1 amide bonds. The molecule has 1 fully saturated rings. The highest BCUT2D eigenvalue weighted by Crippen LogP contribution is 2.30. The molecule has 9 heteroatoms. The molecule has 2 aromatic carbocycles. The van der Waals surface area contributed by atoms with Gasteiger partial charge in [-0.05, 0) is 50.2 Å². The van der Waals surface area contributed by atoms with Gasteiger partial charge in [-0.3, -0.25) is 9.69 Å². The van der Waals surface area contributed by atoms with Crippen molar-refractivity contribution in [3.8, 4) is 11.4 Å². The summed E-state index contributed by atoms with van der Waals surface area (Å²) in [4.78, 5) is 19.1. The molecule has 31 heavy (non-hydrogen) atoms. The topological polar surface area (TPSA) is 71.3 Å². The average Bonchev–Trinajstić information content (AvgIpc) is 3.23. The zero-order valence-corrected chi connectivity index (χ0v) is 16.6. The Morgan fingerprint density at radius 3 is 2.39 bits per heavy atom. The molecule has 0 bridgehead atoms. The molecule has 3 aromatic rings. The Bertz CT molecular complexity index is 1010. The van der Waals surface area contributed by atoms with E-state index in [4.69, 9.17) is 4.52 Å². The van der Waals surface area contributed by atoms with Gasteiger partial charge in [0.1, 0.15) is 0 Å². The molecule has 0 saturated carbocycles. The van der Waals surface area contributed by atoms with E-state index < -0.39 is 11.7 Å². The Kier molecular flexibility index (Phi) is 6.03. The van der Waals surface area contributed by atoms with Crippen LogP contribution in [0.5, 0.6) is 0 Å². The minimum Gasteiger partial charge on any atom is -0.338 e. The molecule has 0 unspecified atom stereocenters. The first kappa shape index (κ1) is 21.0. The first-order valence-electron chi connectivity index (χ1n) is 9.97. The van der Waals surface area contributed by atoms with Crippen molar-refractivity contribution in [1.29, 1.82) is 0 Å². The number of aromatic nitrogens is 2. The maximum absolute atomic E-state index is 12.6. The third-order valence-corrected chi connectivity index (χ3v) is 5.30. The molecule has 0 spiro atoms. The second-order valence-corrected chi connectivity index (χ2v) is 7.49. The predicted molar refractivity (Wildman–Crippen MR) is 108 cm³/mol. The third-order valence-electron chi connectivity index (χ3n) is 5.30. The van der Waals surface area contributed by atoms with Crippen molar-refractivity contribution < 1.29 is 22.5 Å². The summed E-state index contributed by atoms with van der Waals surface area (Å²) in [6, 6.07) is 14.0. The first-order valence-corrected chi connectivity index (χ1v) is 9.97. The van der Waals surface area contributed by atoms with E-state index in [1.165, 1.54) is 12.1 Å². The lowest BCUT2D eigenvalue weighted by Crippen LogP contribution is -2.37. The van der Waals surface area contributed by atoms with Gasteiger partial charge >= 0.3 is 6.18 Å². The van der Waals surface area contributed by atoms with Crippen molar-refractivity contribution in [3.05, 3.63) is 66.1 Å². The number of hydrogen-bond donors (Lipinski definition) is 1. The van der Waals surface area contributed by atoms with E-state index in [-0.39, 0.29) is 11.8 Å². The quantitative estimate of drug-likeness (QED) is 0.640. The van der Waals surface area contributed by atoms with Crippen LogP contribution in [0.15, 0.2) is 59.1 Å². The summed E-state index contributed by atoms with van der Waals surface area (Å²) >= 11 is 0. The normalized spacial score (nSPS) is 15.7. The van der Waals surface area contributed by atoms with Gasteiger partial charge in [-0.25, -0.2) is 0 Å². The molecule has 1 aromatic heterocycles. The van der Waals surface area contributed by atoms with Crippen LogP contribution < -0.4 is 5.32 Å². The molecule has 1 aliphatic heterocycles. The largest absolute Gasteiger partial charge is 0.416 e. The second-order valence-electron chi connectivity index (χ2n) is 7.49. The van der Waals surface area contributed by atoms with Crippen molar-refractivity contribution in [2.75, 3.05) is 18.4 Å². The minimum atomic E-state index is -4.39. The van der Waals surface area contributed by atoms with Crippen molar-refractivity contribution in [3.63, 3.8) is 0 Å². The van der Waals surface area contributed by atoms with Gasteiger partial charge in [-0.1, -0.05) is 35.5 Å². The molecule has 0 aliphatic carbocycles. The van der Waals surface area contributed by atoms with E-state index in [2.05, 4.69) is 20.4 Å². The van der Waals surface area contributed by atoms with Crippen LogP contribution in [0, 0.1) is 5.92 Å². The number of alkyl halides is 3.